The lowest BCUT2D eigenvalue weighted by Crippen LogP contribution is -2.00. The van der Waals surface area contributed by atoms with Gasteiger partial charge in [0.1, 0.15) is 11.2 Å². The van der Waals surface area contributed by atoms with Crippen molar-refractivity contribution in [1.29, 1.82) is 0 Å². The number of benzene rings is 9. The molecule has 6 heteroatoms. The van der Waals surface area contributed by atoms with Crippen LogP contribution in [0.15, 0.2) is 211 Å². The minimum atomic E-state index is 0.581. The third kappa shape index (κ3) is 5.80. The van der Waals surface area contributed by atoms with Gasteiger partial charge in [0, 0.05) is 64.0 Å². The van der Waals surface area contributed by atoms with Gasteiger partial charge in [0.05, 0.1) is 16.7 Å². The predicted molar refractivity (Wildman–Crippen MR) is 262 cm³/mol. The molecule has 0 saturated heterocycles. The SMILES string of the molecule is c1ccc(-c2ccc(-c3nc(-c4ccc5c(c4)oc4cccc(-c6ccccc6-n6c7ccccc7c7ccccc76)c45)nc(-c4ccc5c(c4)sc4ccccc45)n3)cc2)cc1. The molecule has 0 bridgehead atoms. The summed E-state index contributed by atoms with van der Waals surface area (Å²) in [6.07, 6.45) is 0. The number of hydrogen-bond acceptors (Lipinski definition) is 5. The molecule has 0 fully saturated rings. The number of hydrogen-bond donors (Lipinski definition) is 0. The van der Waals surface area contributed by atoms with Crippen LogP contribution in [0.5, 0.6) is 0 Å². The maximum atomic E-state index is 6.73. The average molecular weight is 823 g/mol. The Hall–Kier alpha value is -8.19. The van der Waals surface area contributed by atoms with E-state index in [0.717, 1.165) is 66.6 Å². The van der Waals surface area contributed by atoms with Crippen molar-refractivity contribution in [2.45, 2.75) is 0 Å². The van der Waals surface area contributed by atoms with Crippen LogP contribution in [0.4, 0.5) is 0 Å². The van der Waals surface area contributed by atoms with E-state index in [9.17, 15) is 0 Å². The van der Waals surface area contributed by atoms with Crippen LogP contribution in [-0.4, -0.2) is 19.5 Å². The Kier molecular flexibility index (Phi) is 8.01. The van der Waals surface area contributed by atoms with Crippen molar-refractivity contribution in [1.82, 2.24) is 19.5 Å². The standard InChI is InChI=1S/C57H34N4OS/c1-2-13-35(14-3-1)36-25-27-37(28-26-36)55-58-56(60-57(59-55)39-29-31-44-43-18-7-11-24-52(43)63-53(44)34-39)38-30-32-46-51(33-38)62-50-23-12-19-45(54(46)50)42-17-6-10-22-49(42)61-47-20-8-4-15-40(47)41-16-5-9-21-48(41)61/h1-34H. The third-order valence-electron chi connectivity index (χ3n) is 12.3. The number of aromatic nitrogens is 4. The van der Waals surface area contributed by atoms with Crippen LogP contribution in [0.1, 0.15) is 0 Å². The molecule has 4 aromatic heterocycles. The van der Waals surface area contributed by atoms with Crippen LogP contribution in [-0.2, 0) is 0 Å². The first-order chi connectivity index (χ1) is 31.2. The predicted octanol–water partition coefficient (Wildman–Crippen LogP) is 15.6. The highest BCUT2D eigenvalue weighted by atomic mass is 32.1. The van der Waals surface area contributed by atoms with E-state index < -0.39 is 0 Å². The number of rotatable bonds is 6. The van der Waals surface area contributed by atoms with Crippen LogP contribution in [0, 0.1) is 0 Å². The zero-order valence-electron chi connectivity index (χ0n) is 33.7. The first-order valence-electron chi connectivity index (χ1n) is 21.1. The van der Waals surface area contributed by atoms with Gasteiger partial charge < -0.3 is 8.98 Å². The van der Waals surface area contributed by atoms with Gasteiger partial charge in [-0.25, -0.2) is 15.0 Å². The van der Waals surface area contributed by atoms with Gasteiger partial charge in [-0.1, -0.05) is 158 Å². The molecule has 0 amide bonds. The van der Waals surface area contributed by atoms with E-state index in [1.165, 1.54) is 42.0 Å². The molecular formula is C57H34N4OS. The molecule has 0 spiro atoms. The second-order valence-electron chi connectivity index (χ2n) is 15.9. The Labute approximate surface area is 365 Å². The van der Waals surface area contributed by atoms with Crippen molar-refractivity contribution in [2.24, 2.45) is 0 Å². The second kappa shape index (κ2) is 14.2. The number of para-hydroxylation sites is 3. The minimum absolute atomic E-state index is 0.581. The Morgan fingerprint density at radius 2 is 0.889 bits per heavy atom. The Morgan fingerprint density at radius 1 is 0.349 bits per heavy atom. The molecule has 0 aliphatic carbocycles. The number of fused-ring (bicyclic) bond motifs is 9. The van der Waals surface area contributed by atoms with Gasteiger partial charge in [0.25, 0.3) is 0 Å². The summed E-state index contributed by atoms with van der Waals surface area (Å²) in [4.78, 5) is 15.5. The van der Waals surface area contributed by atoms with E-state index >= 15 is 0 Å². The fraction of sp³-hybridized carbons (Fsp3) is 0. The lowest BCUT2D eigenvalue weighted by Gasteiger charge is -2.14. The largest absolute Gasteiger partial charge is 0.456 e. The van der Waals surface area contributed by atoms with Crippen LogP contribution in [0.2, 0.25) is 0 Å². The summed E-state index contributed by atoms with van der Waals surface area (Å²) < 4.78 is 11.6. The molecule has 0 unspecified atom stereocenters. The molecule has 0 aliphatic rings. The lowest BCUT2D eigenvalue weighted by molar-refractivity contribution is 0.669. The van der Waals surface area contributed by atoms with Crippen molar-refractivity contribution < 1.29 is 4.42 Å². The Balaban J connectivity index is 0.961. The van der Waals surface area contributed by atoms with Gasteiger partial charge in [0.15, 0.2) is 17.5 Å². The van der Waals surface area contributed by atoms with E-state index in [2.05, 4.69) is 205 Å². The number of thiophene rings is 1. The summed E-state index contributed by atoms with van der Waals surface area (Å²) in [6.45, 7) is 0. The molecule has 13 aromatic rings. The van der Waals surface area contributed by atoms with E-state index in [0.29, 0.717) is 17.5 Å². The molecule has 0 aliphatic heterocycles. The van der Waals surface area contributed by atoms with Gasteiger partial charge in [-0.05, 0) is 65.2 Å². The summed E-state index contributed by atoms with van der Waals surface area (Å²) >= 11 is 1.79. The fourth-order valence-corrected chi connectivity index (χ4v) is 10.5. The summed E-state index contributed by atoms with van der Waals surface area (Å²) in [6, 6.07) is 72.7. The highest BCUT2D eigenvalue weighted by Crippen LogP contribution is 2.43. The summed E-state index contributed by atoms with van der Waals surface area (Å²) in [5.74, 6) is 1.81. The average Bonchev–Trinajstić information content (AvgIpc) is 4.03. The van der Waals surface area contributed by atoms with Crippen LogP contribution in [0.3, 0.4) is 0 Å². The normalized spacial score (nSPS) is 11.8. The van der Waals surface area contributed by atoms with Gasteiger partial charge >= 0.3 is 0 Å². The van der Waals surface area contributed by atoms with Crippen molar-refractivity contribution in [3.8, 4) is 62.1 Å². The van der Waals surface area contributed by atoms with Crippen LogP contribution in [0.25, 0.3) is 126 Å². The van der Waals surface area contributed by atoms with E-state index in [4.69, 9.17) is 19.4 Å². The molecule has 63 heavy (non-hydrogen) atoms. The molecule has 0 atom stereocenters. The quantitative estimate of drug-likeness (QED) is 0.168. The topological polar surface area (TPSA) is 56.7 Å². The first kappa shape index (κ1) is 35.6. The maximum Gasteiger partial charge on any atom is 0.164 e. The lowest BCUT2D eigenvalue weighted by atomic mass is 9.97. The molecule has 9 aromatic carbocycles. The smallest absolute Gasteiger partial charge is 0.164 e. The third-order valence-corrected chi connectivity index (χ3v) is 13.4. The highest BCUT2D eigenvalue weighted by Gasteiger charge is 2.20. The minimum Gasteiger partial charge on any atom is -0.456 e. The zero-order valence-corrected chi connectivity index (χ0v) is 34.6. The summed E-state index contributed by atoms with van der Waals surface area (Å²) in [7, 11) is 0. The molecule has 0 saturated carbocycles. The van der Waals surface area contributed by atoms with Gasteiger partial charge in [-0.3, -0.25) is 0 Å². The first-order valence-corrected chi connectivity index (χ1v) is 21.9. The van der Waals surface area contributed by atoms with Gasteiger partial charge in [-0.2, -0.15) is 0 Å². The molecule has 4 heterocycles. The molecule has 5 nitrogen and oxygen atoms in total. The van der Waals surface area contributed by atoms with Crippen molar-refractivity contribution in [3.05, 3.63) is 206 Å². The molecular weight excluding hydrogens is 789 g/mol. The van der Waals surface area contributed by atoms with E-state index in [1.54, 1.807) is 11.3 Å². The monoisotopic (exact) mass is 822 g/mol. The number of furan rings is 1. The van der Waals surface area contributed by atoms with Crippen molar-refractivity contribution >= 4 is 75.3 Å². The summed E-state index contributed by atoms with van der Waals surface area (Å²) in [5.41, 5.74) is 12.3. The molecule has 13 rings (SSSR count). The van der Waals surface area contributed by atoms with E-state index in [-0.39, 0.29) is 0 Å². The highest BCUT2D eigenvalue weighted by molar-refractivity contribution is 7.25. The Bertz CT molecular complexity index is 3860. The van der Waals surface area contributed by atoms with Crippen molar-refractivity contribution in [3.63, 3.8) is 0 Å². The van der Waals surface area contributed by atoms with Gasteiger partial charge in [-0.15, -0.1) is 11.3 Å². The molecule has 0 N–H and O–H groups in total. The maximum absolute atomic E-state index is 6.73. The molecule has 294 valence electrons. The molecule has 0 radical (unpaired) electrons. The number of nitrogens with zero attached hydrogens (tertiary/aromatic N) is 4. The van der Waals surface area contributed by atoms with E-state index in [1.807, 2.05) is 6.07 Å². The van der Waals surface area contributed by atoms with Crippen molar-refractivity contribution in [2.75, 3.05) is 0 Å². The Morgan fingerprint density at radius 3 is 1.65 bits per heavy atom. The van der Waals surface area contributed by atoms with Gasteiger partial charge in [0.2, 0.25) is 0 Å². The second-order valence-corrected chi connectivity index (χ2v) is 17.0. The van der Waals surface area contributed by atoms with Crippen LogP contribution >= 0.6 is 11.3 Å². The zero-order chi connectivity index (χ0) is 41.4. The van der Waals surface area contributed by atoms with Crippen LogP contribution < -0.4 is 0 Å². The summed E-state index contributed by atoms with van der Waals surface area (Å²) in [5, 5.41) is 7.06. The fourth-order valence-electron chi connectivity index (χ4n) is 9.34.